The number of nitrogens with zero attached hydrogens (tertiary/aromatic N) is 1. The lowest BCUT2D eigenvalue weighted by molar-refractivity contribution is -0.150. The van der Waals surface area contributed by atoms with Crippen LogP contribution in [0.15, 0.2) is 0 Å². The summed E-state index contributed by atoms with van der Waals surface area (Å²) in [7, 11) is 0. The fraction of sp³-hybridized carbons (Fsp3) is 0.857. The molecule has 2 rings (SSSR count). The van der Waals surface area contributed by atoms with Crippen molar-refractivity contribution in [2.24, 2.45) is 5.41 Å². The van der Waals surface area contributed by atoms with Gasteiger partial charge in [-0.3, -0.25) is 4.79 Å². The van der Waals surface area contributed by atoms with E-state index in [1.807, 2.05) is 23.6 Å². The van der Waals surface area contributed by atoms with Gasteiger partial charge >= 0.3 is 12.0 Å². The first-order valence-corrected chi connectivity index (χ1v) is 8.56. The van der Waals surface area contributed by atoms with Crippen LogP contribution in [-0.2, 0) is 4.79 Å². The molecule has 1 atom stereocenters. The maximum Gasteiger partial charge on any atom is 0.317 e. The summed E-state index contributed by atoms with van der Waals surface area (Å²) in [5.74, 6) is 1.15. The summed E-state index contributed by atoms with van der Waals surface area (Å²) >= 11 is 1.86. The Kier molecular flexibility index (Phi) is 5.18. The summed E-state index contributed by atoms with van der Waals surface area (Å²) in [5, 5.41) is 12.4. The van der Waals surface area contributed by atoms with Crippen molar-refractivity contribution in [1.82, 2.24) is 10.2 Å². The molecule has 5 nitrogen and oxygen atoms in total. The highest BCUT2D eigenvalue weighted by Crippen LogP contribution is 2.36. The summed E-state index contributed by atoms with van der Waals surface area (Å²) in [6.07, 6.45) is 4.34. The van der Waals surface area contributed by atoms with Gasteiger partial charge in [0.15, 0.2) is 0 Å². The fourth-order valence-corrected chi connectivity index (χ4v) is 4.08. The van der Waals surface area contributed by atoms with E-state index in [0.717, 1.165) is 37.3 Å². The Balaban J connectivity index is 1.91. The molecule has 2 amide bonds. The van der Waals surface area contributed by atoms with Crippen LogP contribution in [0.25, 0.3) is 0 Å². The highest BCUT2D eigenvalue weighted by atomic mass is 32.2. The molecule has 1 aliphatic carbocycles. The van der Waals surface area contributed by atoms with Crippen molar-refractivity contribution < 1.29 is 14.7 Å². The van der Waals surface area contributed by atoms with E-state index in [0.29, 0.717) is 12.8 Å². The van der Waals surface area contributed by atoms with Gasteiger partial charge in [0.25, 0.3) is 0 Å². The molecule has 20 heavy (non-hydrogen) atoms. The van der Waals surface area contributed by atoms with E-state index in [9.17, 15) is 14.7 Å². The zero-order valence-corrected chi connectivity index (χ0v) is 12.9. The van der Waals surface area contributed by atoms with Crippen LogP contribution in [0.5, 0.6) is 0 Å². The normalized spacial score (nSPS) is 26.1. The van der Waals surface area contributed by atoms with E-state index >= 15 is 0 Å². The topological polar surface area (TPSA) is 69.6 Å². The second-order valence-corrected chi connectivity index (χ2v) is 7.07. The number of carboxylic acids is 1. The Morgan fingerprint density at radius 3 is 2.65 bits per heavy atom. The molecule has 1 saturated heterocycles. The number of hydrogen-bond donors (Lipinski definition) is 2. The molecule has 6 heteroatoms. The third-order valence-electron chi connectivity index (χ3n) is 4.47. The number of rotatable bonds is 3. The molecule has 1 unspecified atom stereocenters. The average molecular weight is 300 g/mol. The van der Waals surface area contributed by atoms with Gasteiger partial charge in [-0.25, -0.2) is 4.79 Å². The molecule has 0 bridgehead atoms. The number of aliphatic carboxylic acids is 1. The van der Waals surface area contributed by atoms with Crippen molar-refractivity contribution >= 4 is 23.8 Å². The van der Waals surface area contributed by atoms with Gasteiger partial charge in [0.1, 0.15) is 0 Å². The van der Waals surface area contributed by atoms with E-state index < -0.39 is 11.4 Å². The first-order valence-electron chi connectivity index (χ1n) is 7.41. The van der Waals surface area contributed by atoms with E-state index in [2.05, 4.69) is 5.32 Å². The molecule has 2 fully saturated rings. The monoisotopic (exact) mass is 300 g/mol. The molecule has 2 N–H and O–H groups in total. The molecule has 0 radical (unpaired) electrons. The fourth-order valence-electron chi connectivity index (χ4n) is 3.07. The minimum Gasteiger partial charge on any atom is -0.481 e. The summed E-state index contributed by atoms with van der Waals surface area (Å²) in [6.45, 7) is 3.05. The quantitative estimate of drug-likeness (QED) is 0.838. The molecule has 0 aromatic carbocycles. The van der Waals surface area contributed by atoms with Crippen molar-refractivity contribution in [3.05, 3.63) is 0 Å². The minimum atomic E-state index is -0.764. The number of thioether (sulfide) groups is 1. The number of carbonyl (C=O) groups excluding carboxylic acids is 1. The standard InChI is InChI=1S/C14H24N2O3S/c1-11-9-20-8-7-16(11)13(19)15-10-14(12(17)18)5-3-2-4-6-14/h11H,2-10H2,1H3,(H,15,19)(H,17,18). The summed E-state index contributed by atoms with van der Waals surface area (Å²) < 4.78 is 0. The van der Waals surface area contributed by atoms with Gasteiger partial charge in [-0.2, -0.15) is 11.8 Å². The number of amides is 2. The number of carbonyl (C=O) groups is 2. The second kappa shape index (κ2) is 6.70. The van der Waals surface area contributed by atoms with Gasteiger partial charge in [-0.15, -0.1) is 0 Å². The van der Waals surface area contributed by atoms with Crippen LogP contribution < -0.4 is 5.32 Å². The van der Waals surface area contributed by atoms with Crippen molar-refractivity contribution in [2.75, 3.05) is 24.6 Å². The third kappa shape index (κ3) is 3.40. The van der Waals surface area contributed by atoms with Gasteiger partial charge in [0.2, 0.25) is 0 Å². The SMILES string of the molecule is CC1CSCCN1C(=O)NCC1(C(=O)O)CCCCC1. The van der Waals surface area contributed by atoms with Gasteiger partial charge in [-0.05, 0) is 19.8 Å². The van der Waals surface area contributed by atoms with E-state index in [1.54, 1.807) is 0 Å². The van der Waals surface area contributed by atoms with E-state index in [4.69, 9.17) is 0 Å². The molecule has 2 aliphatic rings. The highest BCUT2D eigenvalue weighted by Gasteiger charge is 2.40. The maximum absolute atomic E-state index is 12.2. The smallest absolute Gasteiger partial charge is 0.317 e. The Morgan fingerprint density at radius 2 is 2.05 bits per heavy atom. The van der Waals surface area contributed by atoms with E-state index in [1.165, 1.54) is 0 Å². The molecule has 1 aliphatic heterocycles. The molecule has 114 valence electrons. The number of hydrogen-bond acceptors (Lipinski definition) is 3. The third-order valence-corrected chi connectivity index (χ3v) is 5.66. The lowest BCUT2D eigenvalue weighted by Crippen LogP contribution is -2.52. The highest BCUT2D eigenvalue weighted by molar-refractivity contribution is 7.99. The molecule has 1 heterocycles. The van der Waals surface area contributed by atoms with Gasteiger partial charge in [0, 0.05) is 30.6 Å². The minimum absolute atomic E-state index is 0.107. The first-order chi connectivity index (χ1) is 9.55. The van der Waals surface area contributed by atoms with Crippen LogP contribution in [-0.4, -0.2) is 52.6 Å². The zero-order valence-electron chi connectivity index (χ0n) is 12.1. The number of carboxylic acid groups (broad SMARTS) is 1. The van der Waals surface area contributed by atoms with Gasteiger partial charge < -0.3 is 15.3 Å². The van der Waals surface area contributed by atoms with Crippen LogP contribution in [0.1, 0.15) is 39.0 Å². The Hall–Kier alpha value is -0.910. The van der Waals surface area contributed by atoms with Crippen LogP contribution >= 0.6 is 11.8 Å². The van der Waals surface area contributed by atoms with Crippen LogP contribution in [0.2, 0.25) is 0 Å². The molecule has 0 spiro atoms. The van der Waals surface area contributed by atoms with Crippen LogP contribution in [0.4, 0.5) is 4.79 Å². The van der Waals surface area contributed by atoms with Crippen molar-refractivity contribution in [1.29, 1.82) is 0 Å². The Morgan fingerprint density at radius 1 is 1.35 bits per heavy atom. The maximum atomic E-state index is 12.2. The predicted molar refractivity (Wildman–Crippen MR) is 80.0 cm³/mol. The average Bonchev–Trinajstić information content (AvgIpc) is 2.46. The summed E-state index contributed by atoms with van der Waals surface area (Å²) in [5.41, 5.74) is -0.748. The largest absolute Gasteiger partial charge is 0.481 e. The van der Waals surface area contributed by atoms with Gasteiger partial charge in [0.05, 0.1) is 5.41 Å². The van der Waals surface area contributed by atoms with Crippen LogP contribution in [0.3, 0.4) is 0 Å². The Labute approximate surface area is 124 Å². The van der Waals surface area contributed by atoms with Crippen molar-refractivity contribution in [3.63, 3.8) is 0 Å². The molecule has 1 saturated carbocycles. The molecular weight excluding hydrogens is 276 g/mol. The summed E-state index contributed by atoms with van der Waals surface area (Å²) in [6, 6.07) is 0.116. The van der Waals surface area contributed by atoms with Crippen molar-refractivity contribution in [2.45, 2.75) is 45.1 Å². The number of urea groups is 1. The first kappa shape index (κ1) is 15.5. The zero-order chi connectivity index (χ0) is 14.6. The molecule has 0 aromatic rings. The predicted octanol–water partition coefficient (Wildman–Crippen LogP) is 2.17. The van der Waals surface area contributed by atoms with E-state index in [-0.39, 0.29) is 18.6 Å². The molecule has 0 aromatic heterocycles. The van der Waals surface area contributed by atoms with Crippen LogP contribution in [0, 0.1) is 5.41 Å². The van der Waals surface area contributed by atoms with Crippen molar-refractivity contribution in [3.8, 4) is 0 Å². The molecular formula is C14H24N2O3S. The second-order valence-electron chi connectivity index (χ2n) is 5.92. The summed E-state index contributed by atoms with van der Waals surface area (Å²) in [4.78, 5) is 25.6. The Bertz CT molecular complexity index is 369. The van der Waals surface area contributed by atoms with Gasteiger partial charge in [-0.1, -0.05) is 19.3 Å². The lowest BCUT2D eigenvalue weighted by Gasteiger charge is -2.36. The number of nitrogens with one attached hydrogen (secondary N) is 1. The lowest BCUT2D eigenvalue weighted by atomic mass is 9.74.